The van der Waals surface area contributed by atoms with Crippen molar-refractivity contribution in [1.82, 2.24) is 10.2 Å². The Labute approximate surface area is 110 Å². The van der Waals surface area contributed by atoms with Crippen molar-refractivity contribution in [3.05, 3.63) is 0 Å². The van der Waals surface area contributed by atoms with E-state index in [2.05, 4.69) is 5.32 Å². The zero-order valence-corrected chi connectivity index (χ0v) is 12.2. The molecule has 0 saturated carbocycles. The third-order valence-electron chi connectivity index (χ3n) is 3.19. The first kappa shape index (κ1) is 15.2. The van der Waals surface area contributed by atoms with Crippen LogP contribution in [0.25, 0.3) is 0 Å². The third-order valence-corrected chi connectivity index (χ3v) is 3.19. The Morgan fingerprint density at radius 3 is 2.28 bits per heavy atom. The molecule has 0 spiro atoms. The number of hydrogen-bond donors (Lipinski definition) is 1. The zero-order chi connectivity index (χ0) is 13.8. The molecule has 0 aromatic carbocycles. The van der Waals surface area contributed by atoms with Crippen LogP contribution >= 0.6 is 0 Å². The molecule has 5 nitrogen and oxygen atoms in total. The summed E-state index contributed by atoms with van der Waals surface area (Å²) in [7, 11) is 1.67. The van der Waals surface area contributed by atoms with Gasteiger partial charge in [0.05, 0.1) is 0 Å². The summed E-state index contributed by atoms with van der Waals surface area (Å²) in [6.45, 7) is 9.87. The lowest BCUT2D eigenvalue weighted by molar-refractivity contribution is -0.144. The van der Waals surface area contributed by atoms with E-state index in [0.717, 1.165) is 25.9 Å². The lowest BCUT2D eigenvalue weighted by atomic mass is 10.00. The van der Waals surface area contributed by atoms with Gasteiger partial charge in [0.25, 0.3) is 0 Å². The molecule has 1 N–H and O–H groups in total. The molecule has 0 radical (unpaired) electrons. The van der Waals surface area contributed by atoms with E-state index in [1.54, 1.807) is 12.0 Å². The molecule has 1 amide bonds. The second-order valence-corrected chi connectivity index (χ2v) is 5.62. The molecule has 1 fully saturated rings. The summed E-state index contributed by atoms with van der Waals surface area (Å²) in [5, 5.41) is 3.28. The van der Waals surface area contributed by atoms with Crippen molar-refractivity contribution in [2.45, 2.75) is 51.9 Å². The van der Waals surface area contributed by atoms with Crippen LogP contribution in [0.1, 0.15) is 40.5 Å². The fourth-order valence-corrected chi connectivity index (χ4v) is 2.30. The molecule has 0 aliphatic carbocycles. The normalized spacial score (nSPS) is 19.4. The molecule has 1 rings (SSSR count). The van der Waals surface area contributed by atoms with Crippen molar-refractivity contribution in [2.75, 3.05) is 26.7 Å². The summed E-state index contributed by atoms with van der Waals surface area (Å²) in [5.41, 5.74) is -1.01. The van der Waals surface area contributed by atoms with Gasteiger partial charge in [0, 0.05) is 26.5 Å². The molecule has 1 heterocycles. The van der Waals surface area contributed by atoms with E-state index in [0.29, 0.717) is 6.54 Å². The van der Waals surface area contributed by atoms with E-state index in [-0.39, 0.29) is 6.09 Å². The van der Waals surface area contributed by atoms with Gasteiger partial charge in [0.2, 0.25) is 0 Å². The van der Waals surface area contributed by atoms with Gasteiger partial charge in [-0.05, 0) is 40.8 Å². The Morgan fingerprint density at radius 2 is 1.89 bits per heavy atom. The standard InChI is InChI=1S/C13H26N2O3/c1-6-15(11(16)18-12(2,3)4)13(17-5)7-9-14-10-8-13/h14H,6-10H2,1-5H3. The summed E-state index contributed by atoms with van der Waals surface area (Å²) in [5.74, 6) is 0. The zero-order valence-electron chi connectivity index (χ0n) is 12.2. The fraction of sp³-hybridized carbons (Fsp3) is 0.923. The van der Waals surface area contributed by atoms with Crippen LogP contribution < -0.4 is 5.32 Å². The average molecular weight is 258 g/mol. The van der Waals surface area contributed by atoms with Crippen LogP contribution in [0.3, 0.4) is 0 Å². The predicted octanol–water partition coefficient (Wildman–Crippen LogP) is 1.97. The summed E-state index contributed by atoms with van der Waals surface area (Å²) < 4.78 is 11.1. The van der Waals surface area contributed by atoms with Gasteiger partial charge in [-0.3, -0.25) is 4.90 Å². The molecule has 0 bridgehead atoms. The molecule has 106 valence electrons. The Hall–Kier alpha value is -0.810. The lowest BCUT2D eigenvalue weighted by Gasteiger charge is -2.44. The highest BCUT2D eigenvalue weighted by molar-refractivity contribution is 5.69. The minimum Gasteiger partial charge on any atom is -0.444 e. The second-order valence-electron chi connectivity index (χ2n) is 5.62. The summed E-state index contributed by atoms with van der Waals surface area (Å²) >= 11 is 0. The van der Waals surface area contributed by atoms with Crippen molar-refractivity contribution in [3.8, 4) is 0 Å². The number of piperidine rings is 1. The van der Waals surface area contributed by atoms with E-state index >= 15 is 0 Å². The van der Waals surface area contributed by atoms with Crippen molar-refractivity contribution in [2.24, 2.45) is 0 Å². The van der Waals surface area contributed by atoms with Crippen LogP contribution in [0, 0.1) is 0 Å². The molecule has 0 aromatic heterocycles. The molecule has 0 atom stereocenters. The Morgan fingerprint density at radius 1 is 1.33 bits per heavy atom. The number of rotatable bonds is 3. The maximum absolute atomic E-state index is 12.3. The van der Waals surface area contributed by atoms with Crippen LogP contribution in [-0.2, 0) is 9.47 Å². The Kier molecular flexibility index (Phi) is 4.99. The third kappa shape index (κ3) is 3.59. The maximum Gasteiger partial charge on any atom is 0.412 e. The van der Waals surface area contributed by atoms with Crippen molar-refractivity contribution >= 4 is 6.09 Å². The van der Waals surface area contributed by atoms with E-state index in [9.17, 15) is 4.79 Å². The molecular formula is C13H26N2O3. The van der Waals surface area contributed by atoms with Crippen molar-refractivity contribution in [1.29, 1.82) is 0 Å². The minimum atomic E-state index is -0.525. The van der Waals surface area contributed by atoms with E-state index in [1.807, 2.05) is 27.7 Å². The van der Waals surface area contributed by atoms with Gasteiger partial charge in [-0.1, -0.05) is 0 Å². The largest absolute Gasteiger partial charge is 0.444 e. The highest BCUT2D eigenvalue weighted by atomic mass is 16.6. The molecule has 1 aliphatic rings. The number of ether oxygens (including phenoxy) is 2. The number of nitrogens with zero attached hydrogens (tertiary/aromatic N) is 1. The first-order chi connectivity index (χ1) is 8.34. The first-order valence-corrected chi connectivity index (χ1v) is 6.61. The number of methoxy groups -OCH3 is 1. The van der Waals surface area contributed by atoms with Gasteiger partial charge >= 0.3 is 6.09 Å². The van der Waals surface area contributed by atoms with Crippen molar-refractivity contribution in [3.63, 3.8) is 0 Å². The maximum atomic E-state index is 12.3. The smallest absolute Gasteiger partial charge is 0.412 e. The first-order valence-electron chi connectivity index (χ1n) is 6.61. The summed E-state index contributed by atoms with van der Waals surface area (Å²) in [6.07, 6.45) is 1.28. The van der Waals surface area contributed by atoms with E-state index < -0.39 is 11.3 Å². The number of hydrogen-bond acceptors (Lipinski definition) is 4. The Bertz CT molecular complexity index is 280. The highest BCUT2D eigenvalue weighted by Crippen LogP contribution is 2.28. The number of carbonyl (C=O) groups is 1. The molecule has 5 heteroatoms. The quantitative estimate of drug-likeness (QED) is 0.786. The van der Waals surface area contributed by atoms with Crippen LogP contribution in [0.2, 0.25) is 0 Å². The van der Waals surface area contributed by atoms with Gasteiger partial charge < -0.3 is 14.8 Å². The Balaban J connectivity index is 2.82. The molecule has 18 heavy (non-hydrogen) atoms. The monoisotopic (exact) mass is 258 g/mol. The van der Waals surface area contributed by atoms with Crippen LogP contribution in [0.5, 0.6) is 0 Å². The van der Waals surface area contributed by atoms with Gasteiger partial charge in [0.15, 0.2) is 0 Å². The highest BCUT2D eigenvalue weighted by Gasteiger charge is 2.41. The minimum absolute atomic E-state index is 0.297. The SMILES string of the molecule is CCN(C(=O)OC(C)(C)C)C1(OC)CCNCC1. The predicted molar refractivity (Wildman–Crippen MR) is 70.5 cm³/mol. The van der Waals surface area contributed by atoms with Gasteiger partial charge in [-0.15, -0.1) is 0 Å². The van der Waals surface area contributed by atoms with E-state index in [1.165, 1.54) is 0 Å². The molecule has 1 saturated heterocycles. The van der Waals surface area contributed by atoms with Gasteiger partial charge in [-0.25, -0.2) is 4.79 Å². The van der Waals surface area contributed by atoms with Crippen LogP contribution in [0.4, 0.5) is 4.79 Å². The molecule has 1 aliphatic heterocycles. The molecule has 0 unspecified atom stereocenters. The van der Waals surface area contributed by atoms with Crippen molar-refractivity contribution < 1.29 is 14.3 Å². The van der Waals surface area contributed by atoms with Gasteiger partial charge in [-0.2, -0.15) is 0 Å². The summed E-state index contributed by atoms with van der Waals surface area (Å²) in [4.78, 5) is 14.0. The second kappa shape index (κ2) is 5.89. The lowest BCUT2D eigenvalue weighted by Crippen LogP contribution is -2.58. The molecule has 0 aromatic rings. The number of nitrogens with one attached hydrogen (secondary N) is 1. The number of carbonyl (C=O) groups excluding carboxylic acids is 1. The summed E-state index contributed by atoms with van der Waals surface area (Å²) in [6, 6.07) is 0. The van der Waals surface area contributed by atoms with Crippen LogP contribution in [0.15, 0.2) is 0 Å². The van der Waals surface area contributed by atoms with Crippen LogP contribution in [-0.4, -0.2) is 49.1 Å². The fourth-order valence-electron chi connectivity index (χ4n) is 2.30. The average Bonchev–Trinajstić information content (AvgIpc) is 2.28. The number of amides is 1. The van der Waals surface area contributed by atoms with E-state index in [4.69, 9.17) is 9.47 Å². The topological polar surface area (TPSA) is 50.8 Å². The van der Waals surface area contributed by atoms with Gasteiger partial charge in [0.1, 0.15) is 11.3 Å². The molecular weight excluding hydrogens is 232 g/mol.